The largest absolute Gasteiger partial charge is 0.365 e. The van der Waals surface area contributed by atoms with Crippen molar-refractivity contribution in [2.24, 2.45) is 11.7 Å². The molecule has 2 heterocycles. The van der Waals surface area contributed by atoms with Gasteiger partial charge in [0.15, 0.2) is 0 Å². The zero-order chi connectivity index (χ0) is 27.4. The molecule has 1 fully saturated rings. The number of fused-ring (bicyclic) bond motifs is 1. The van der Waals surface area contributed by atoms with Gasteiger partial charge in [-0.25, -0.2) is 13.6 Å². The van der Waals surface area contributed by atoms with Crippen molar-refractivity contribution in [1.82, 2.24) is 20.0 Å². The van der Waals surface area contributed by atoms with Gasteiger partial charge in [0.1, 0.15) is 17.2 Å². The van der Waals surface area contributed by atoms with E-state index in [-0.39, 0.29) is 29.9 Å². The minimum absolute atomic E-state index is 0.0614. The number of nitrogens with one attached hydrogen (secondary N) is 1. The molecule has 7 nitrogen and oxygen atoms in total. The van der Waals surface area contributed by atoms with E-state index >= 15 is 0 Å². The van der Waals surface area contributed by atoms with Gasteiger partial charge < -0.3 is 16.0 Å². The molecule has 1 saturated carbocycles. The third-order valence-corrected chi connectivity index (χ3v) is 6.74. The minimum Gasteiger partial charge on any atom is -0.365 e. The van der Waals surface area contributed by atoms with Crippen molar-refractivity contribution in [2.75, 3.05) is 6.54 Å². The lowest BCUT2D eigenvalue weighted by Gasteiger charge is -2.48. The first-order valence-electron chi connectivity index (χ1n) is 12.8. The van der Waals surface area contributed by atoms with E-state index in [1.807, 2.05) is 41.5 Å². The number of nitrogens with two attached hydrogens (primary N) is 1. The fourth-order valence-corrected chi connectivity index (χ4v) is 4.68. The van der Waals surface area contributed by atoms with Gasteiger partial charge in [-0.15, -0.1) is 0 Å². The van der Waals surface area contributed by atoms with Gasteiger partial charge in [-0.2, -0.15) is 5.10 Å². The maximum atomic E-state index is 14.0. The molecule has 1 aromatic heterocycles. The standard InChI is InChI=1S/C23H29F2N5O2.2C2H6/c1-13-9-14(5-6-16(13)24)19-18(20(26)31)17-12-29(7-8-30(17)28-19)21(32)27-22(2,3)15-10-23(4,25)11-15;2*1-2/h5-6,9,15H,7-8,10-12H2,1-4H3,(H2,26,31)(H,27,32);2*1-2H3. The van der Waals surface area contributed by atoms with E-state index in [9.17, 15) is 18.4 Å². The Morgan fingerprint density at radius 1 is 1.17 bits per heavy atom. The summed E-state index contributed by atoms with van der Waals surface area (Å²) < 4.78 is 29.4. The maximum absolute atomic E-state index is 14.0. The van der Waals surface area contributed by atoms with E-state index in [1.165, 1.54) is 6.07 Å². The Morgan fingerprint density at radius 3 is 2.31 bits per heavy atom. The summed E-state index contributed by atoms with van der Waals surface area (Å²) >= 11 is 0. The maximum Gasteiger partial charge on any atom is 0.318 e. The normalized spacial score (nSPS) is 20.6. The molecule has 3 N–H and O–H groups in total. The van der Waals surface area contributed by atoms with E-state index in [1.54, 1.807) is 35.6 Å². The van der Waals surface area contributed by atoms with Crippen LogP contribution < -0.4 is 11.1 Å². The molecule has 9 heteroatoms. The zero-order valence-corrected chi connectivity index (χ0v) is 22.8. The zero-order valence-electron chi connectivity index (χ0n) is 22.8. The van der Waals surface area contributed by atoms with Crippen LogP contribution in [0.2, 0.25) is 0 Å². The number of halogens is 2. The van der Waals surface area contributed by atoms with Gasteiger partial charge in [0, 0.05) is 17.6 Å². The molecule has 0 bridgehead atoms. The molecule has 0 radical (unpaired) electrons. The number of carbonyl (C=O) groups is 2. The molecule has 0 spiro atoms. The van der Waals surface area contributed by atoms with Crippen molar-refractivity contribution >= 4 is 11.9 Å². The molecule has 3 amide bonds. The summed E-state index contributed by atoms with van der Waals surface area (Å²) in [5.74, 6) is -0.933. The van der Waals surface area contributed by atoms with E-state index in [2.05, 4.69) is 10.4 Å². The van der Waals surface area contributed by atoms with Crippen LogP contribution in [0.5, 0.6) is 0 Å². The third-order valence-electron chi connectivity index (χ3n) is 6.74. The number of carbonyl (C=O) groups excluding carboxylic acids is 2. The molecular weight excluding hydrogens is 464 g/mol. The van der Waals surface area contributed by atoms with Crippen LogP contribution in [0.4, 0.5) is 13.6 Å². The van der Waals surface area contributed by atoms with Crippen molar-refractivity contribution in [3.63, 3.8) is 0 Å². The number of benzene rings is 1. The molecule has 1 aliphatic heterocycles. The van der Waals surface area contributed by atoms with Gasteiger partial charge in [-0.3, -0.25) is 9.48 Å². The van der Waals surface area contributed by atoms with Crippen molar-refractivity contribution in [1.29, 1.82) is 0 Å². The minimum atomic E-state index is -1.17. The van der Waals surface area contributed by atoms with Crippen molar-refractivity contribution in [3.8, 4) is 11.3 Å². The van der Waals surface area contributed by atoms with Gasteiger partial charge in [0.2, 0.25) is 0 Å². The third kappa shape index (κ3) is 6.05. The number of nitrogens with zero attached hydrogens (tertiary/aromatic N) is 3. The average molecular weight is 506 g/mol. The van der Waals surface area contributed by atoms with Crippen molar-refractivity contribution in [2.45, 2.75) is 92.5 Å². The number of alkyl halides is 1. The summed E-state index contributed by atoms with van der Waals surface area (Å²) in [4.78, 5) is 26.9. The summed E-state index contributed by atoms with van der Waals surface area (Å²) in [6, 6.07) is 4.25. The second-order valence-corrected chi connectivity index (χ2v) is 9.81. The lowest BCUT2D eigenvalue weighted by Crippen LogP contribution is -2.59. The van der Waals surface area contributed by atoms with Crippen LogP contribution in [0.25, 0.3) is 11.3 Å². The summed E-state index contributed by atoms with van der Waals surface area (Å²) in [5, 5.41) is 7.57. The molecule has 2 aromatic rings. The predicted molar refractivity (Wildman–Crippen MR) is 139 cm³/mol. The van der Waals surface area contributed by atoms with Crippen LogP contribution in [0.15, 0.2) is 18.2 Å². The first-order valence-corrected chi connectivity index (χ1v) is 12.8. The van der Waals surface area contributed by atoms with Crippen LogP contribution in [0.1, 0.15) is 82.9 Å². The molecule has 0 unspecified atom stereocenters. The first kappa shape index (κ1) is 29.3. The number of primary amides is 1. The monoisotopic (exact) mass is 505 g/mol. The lowest BCUT2D eigenvalue weighted by molar-refractivity contribution is -0.0152. The van der Waals surface area contributed by atoms with Crippen LogP contribution in [-0.2, 0) is 13.1 Å². The Hall–Kier alpha value is -2.97. The summed E-state index contributed by atoms with van der Waals surface area (Å²) in [5.41, 5.74) is 6.16. The van der Waals surface area contributed by atoms with E-state index in [0.717, 1.165) is 0 Å². The molecule has 36 heavy (non-hydrogen) atoms. The van der Waals surface area contributed by atoms with Crippen LogP contribution >= 0.6 is 0 Å². The molecule has 0 atom stereocenters. The predicted octanol–water partition coefficient (Wildman–Crippen LogP) is 5.59. The van der Waals surface area contributed by atoms with Gasteiger partial charge in [-0.05, 0) is 70.2 Å². The van der Waals surface area contributed by atoms with Crippen molar-refractivity contribution in [3.05, 3.63) is 40.8 Å². The number of urea groups is 1. The molecular formula is C27H41F2N5O2. The number of rotatable bonds is 4. The Balaban J connectivity index is 0.00000109. The molecule has 200 valence electrons. The van der Waals surface area contributed by atoms with Gasteiger partial charge >= 0.3 is 6.03 Å². The van der Waals surface area contributed by atoms with Crippen LogP contribution in [0.3, 0.4) is 0 Å². The fourth-order valence-electron chi connectivity index (χ4n) is 4.68. The average Bonchev–Trinajstić information content (AvgIpc) is 3.20. The van der Waals surface area contributed by atoms with Crippen molar-refractivity contribution < 1.29 is 18.4 Å². The number of aromatic nitrogens is 2. The van der Waals surface area contributed by atoms with Gasteiger partial charge in [0.25, 0.3) is 5.91 Å². The Morgan fingerprint density at radius 2 is 1.78 bits per heavy atom. The molecule has 1 aliphatic carbocycles. The Kier molecular flexibility index (Phi) is 9.26. The van der Waals surface area contributed by atoms with E-state index in [4.69, 9.17) is 5.73 Å². The smallest absolute Gasteiger partial charge is 0.318 e. The molecule has 2 aliphatic rings. The highest BCUT2D eigenvalue weighted by atomic mass is 19.1. The second-order valence-electron chi connectivity index (χ2n) is 9.81. The second kappa shape index (κ2) is 11.4. The number of aryl methyl sites for hydroxylation is 1. The Labute approximate surface area is 213 Å². The van der Waals surface area contributed by atoms with Crippen LogP contribution in [-0.4, -0.2) is 44.4 Å². The summed E-state index contributed by atoms with van der Waals surface area (Å²) in [6.45, 7) is 16.0. The molecule has 1 aromatic carbocycles. The molecule has 0 saturated heterocycles. The highest BCUT2D eigenvalue weighted by Gasteiger charge is 2.48. The SMILES string of the molecule is CC.CC.Cc1cc(-c2nn3c(c2C(N)=O)CN(C(=O)NC(C)(C)C2CC(C)(F)C2)CC3)ccc1F. The highest BCUT2D eigenvalue weighted by Crippen LogP contribution is 2.46. The quantitative estimate of drug-likeness (QED) is 0.567. The highest BCUT2D eigenvalue weighted by molar-refractivity contribution is 6.00. The Bertz CT molecular complexity index is 1090. The lowest BCUT2D eigenvalue weighted by atomic mass is 9.65. The molecule has 4 rings (SSSR count). The summed E-state index contributed by atoms with van der Waals surface area (Å²) in [7, 11) is 0. The van der Waals surface area contributed by atoms with E-state index in [0.29, 0.717) is 48.4 Å². The first-order chi connectivity index (χ1) is 16.9. The number of amides is 3. The fraction of sp³-hybridized carbons (Fsp3) is 0.593. The van der Waals surface area contributed by atoms with Gasteiger partial charge in [0.05, 0.1) is 24.3 Å². The summed E-state index contributed by atoms with van der Waals surface area (Å²) in [6.07, 6.45) is 0.832. The number of hydrogen-bond acceptors (Lipinski definition) is 3. The van der Waals surface area contributed by atoms with Gasteiger partial charge in [-0.1, -0.05) is 27.7 Å². The van der Waals surface area contributed by atoms with E-state index < -0.39 is 17.1 Å². The number of hydrogen-bond donors (Lipinski definition) is 2. The topological polar surface area (TPSA) is 93.2 Å². The van der Waals surface area contributed by atoms with Crippen LogP contribution in [0, 0.1) is 18.7 Å².